The molecule has 0 aliphatic rings. The van der Waals surface area contributed by atoms with Crippen molar-refractivity contribution in [1.82, 2.24) is 9.97 Å². The van der Waals surface area contributed by atoms with E-state index in [4.69, 9.17) is 9.47 Å². The predicted molar refractivity (Wildman–Crippen MR) is 67.7 cm³/mol. The Kier molecular flexibility index (Phi) is 4.09. The van der Waals surface area contributed by atoms with Gasteiger partial charge in [-0.25, -0.2) is 0 Å². The molecule has 1 N–H and O–H groups in total. The third-order valence-electron chi connectivity index (χ3n) is 2.38. The molecular weight excluding hydrogens is 232 g/mol. The average molecular weight is 246 g/mol. The van der Waals surface area contributed by atoms with E-state index >= 15 is 0 Å². The van der Waals surface area contributed by atoms with Crippen molar-refractivity contribution in [1.29, 1.82) is 0 Å². The number of aromatic amines is 1. The number of nitrogens with one attached hydrogen (secondary N) is 1. The topological polar surface area (TPSA) is 64.2 Å². The van der Waals surface area contributed by atoms with Gasteiger partial charge in [0.15, 0.2) is 0 Å². The van der Waals surface area contributed by atoms with Crippen LogP contribution in [-0.4, -0.2) is 30.3 Å². The van der Waals surface area contributed by atoms with Crippen molar-refractivity contribution < 1.29 is 9.47 Å². The monoisotopic (exact) mass is 246 g/mol. The Morgan fingerprint density at radius 3 is 2.83 bits per heavy atom. The number of methoxy groups -OCH3 is 1. The molecule has 5 heteroatoms. The van der Waals surface area contributed by atoms with Gasteiger partial charge in [-0.1, -0.05) is 12.1 Å². The summed E-state index contributed by atoms with van der Waals surface area (Å²) in [5.74, 6) is 0.693. The zero-order valence-electron chi connectivity index (χ0n) is 10.1. The fraction of sp³-hybridized carbons (Fsp3) is 0.231. The van der Waals surface area contributed by atoms with Crippen molar-refractivity contribution in [3.8, 4) is 17.0 Å². The molecule has 94 valence electrons. The summed E-state index contributed by atoms with van der Waals surface area (Å²) < 4.78 is 10.5. The van der Waals surface area contributed by atoms with Crippen LogP contribution in [0.3, 0.4) is 0 Å². The molecule has 18 heavy (non-hydrogen) atoms. The Balaban J connectivity index is 2.29. The summed E-state index contributed by atoms with van der Waals surface area (Å²) >= 11 is 0. The maximum atomic E-state index is 11.3. The molecule has 1 heterocycles. The normalized spacial score (nSPS) is 10.3. The predicted octanol–water partition coefficient (Wildman–Crippen LogP) is 1.46. The number of H-pyrrole nitrogens is 1. The van der Waals surface area contributed by atoms with Crippen molar-refractivity contribution in [2.24, 2.45) is 0 Å². The SMILES string of the molecule is COCCOc1ccccc1-c1cncc(=O)[nH]1. The minimum absolute atomic E-state index is 0.237. The summed E-state index contributed by atoms with van der Waals surface area (Å²) in [6, 6.07) is 7.47. The Bertz CT molecular complexity index is 566. The second-order valence-electron chi connectivity index (χ2n) is 3.65. The zero-order chi connectivity index (χ0) is 12.8. The summed E-state index contributed by atoms with van der Waals surface area (Å²) in [4.78, 5) is 17.9. The molecule has 0 saturated heterocycles. The van der Waals surface area contributed by atoms with Gasteiger partial charge in [0.05, 0.1) is 24.7 Å². The highest BCUT2D eigenvalue weighted by Crippen LogP contribution is 2.26. The lowest BCUT2D eigenvalue weighted by atomic mass is 10.1. The molecule has 1 aromatic carbocycles. The maximum Gasteiger partial charge on any atom is 0.266 e. The first-order valence-corrected chi connectivity index (χ1v) is 5.56. The molecule has 0 fully saturated rings. The molecule has 0 amide bonds. The van der Waals surface area contributed by atoms with Crippen LogP contribution in [0.4, 0.5) is 0 Å². The van der Waals surface area contributed by atoms with Crippen molar-refractivity contribution in [2.45, 2.75) is 0 Å². The summed E-state index contributed by atoms with van der Waals surface area (Å²) in [6.45, 7) is 0.968. The molecular formula is C13H14N2O3. The number of nitrogens with zero attached hydrogens (tertiary/aromatic N) is 1. The smallest absolute Gasteiger partial charge is 0.266 e. The van der Waals surface area contributed by atoms with Gasteiger partial charge in [0.2, 0.25) is 0 Å². The molecule has 2 aromatic rings. The zero-order valence-corrected chi connectivity index (χ0v) is 10.1. The van der Waals surface area contributed by atoms with Crippen LogP contribution in [0.5, 0.6) is 5.75 Å². The summed E-state index contributed by atoms with van der Waals surface area (Å²) in [7, 11) is 1.62. The van der Waals surface area contributed by atoms with E-state index in [1.165, 1.54) is 6.20 Å². The highest BCUT2D eigenvalue weighted by atomic mass is 16.5. The van der Waals surface area contributed by atoms with Crippen LogP contribution in [0.2, 0.25) is 0 Å². The molecule has 0 aliphatic carbocycles. The minimum atomic E-state index is -0.237. The molecule has 0 spiro atoms. The van der Waals surface area contributed by atoms with Crippen LogP contribution >= 0.6 is 0 Å². The van der Waals surface area contributed by atoms with Gasteiger partial charge >= 0.3 is 0 Å². The van der Waals surface area contributed by atoms with Gasteiger partial charge in [0.25, 0.3) is 5.56 Å². The lowest BCUT2D eigenvalue weighted by Gasteiger charge is -2.10. The lowest BCUT2D eigenvalue weighted by molar-refractivity contribution is 0.146. The van der Waals surface area contributed by atoms with E-state index in [9.17, 15) is 4.79 Å². The van der Waals surface area contributed by atoms with E-state index in [2.05, 4.69) is 9.97 Å². The fourth-order valence-corrected chi connectivity index (χ4v) is 1.56. The third kappa shape index (κ3) is 2.95. The number of hydrogen-bond donors (Lipinski definition) is 1. The Hall–Kier alpha value is -2.14. The van der Waals surface area contributed by atoms with Gasteiger partial charge in [-0.3, -0.25) is 9.78 Å². The maximum absolute atomic E-state index is 11.3. The van der Waals surface area contributed by atoms with Gasteiger partial charge in [-0.2, -0.15) is 0 Å². The van der Waals surface area contributed by atoms with E-state index in [0.717, 1.165) is 5.56 Å². The number of hydrogen-bond acceptors (Lipinski definition) is 4. The summed E-state index contributed by atoms with van der Waals surface area (Å²) in [6.07, 6.45) is 2.83. The highest BCUT2D eigenvalue weighted by Gasteiger charge is 2.06. The molecule has 0 atom stereocenters. The van der Waals surface area contributed by atoms with Gasteiger partial charge in [0.1, 0.15) is 12.4 Å². The molecule has 0 bridgehead atoms. The van der Waals surface area contributed by atoms with Crippen LogP contribution in [0.15, 0.2) is 41.5 Å². The van der Waals surface area contributed by atoms with Gasteiger partial charge in [-0.05, 0) is 12.1 Å². The van der Waals surface area contributed by atoms with E-state index in [1.807, 2.05) is 24.3 Å². The van der Waals surface area contributed by atoms with Crippen LogP contribution in [0.1, 0.15) is 0 Å². The highest BCUT2D eigenvalue weighted by molar-refractivity contribution is 5.66. The molecule has 0 saturated carbocycles. The first-order valence-electron chi connectivity index (χ1n) is 5.56. The van der Waals surface area contributed by atoms with Crippen molar-refractivity contribution in [3.05, 3.63) is 47.0 Å². The fourth-order valence-electron chi connectivity index (χ4n) is 1.56. The third-order valence-corrected chi connectivity index (χ3v) is 2.38. The molecule has 1 aromatic heterocycles. The Morgan fingerprint density at radius 2 is 2.06 bits per heavy atom. The van der Waals surface area contributed by atoms with E-state index in [1.54, 1.807) is 13.3 Å². The number of aromatic nitrogens is 2. The number of rotatable bonds is 5. The second-order valence-corrected chi connectivity index (χ2v) is 3.65. The standard InChI is InChI=1S/C13H14N2O3/c1-17-6-7-18-12-5-3-2-4-10(12)11-8-14-9-13(16)15-11/h2-5,8-9H,6-7H2,1H3,(H,15,16). The molecule has 0 unspecified atom stereocenters. The number of benzene rings is 1. The van der Waals surface area contributed by atoms with E-state index in [0.29, 0.717) is 24.7 Å². The average Bonchev–Trinajstić information content (AvgIpc) is 2.40. The van der Waals surface area contributed by atoms with Gasteiger partial charge < -0.3 is 14.5 Å². The Labute approximate surface area is 104 Å². The minimum Gasteiger partial charge on any atom is -0.490 e. The molecule has 0 aliphatic heterocycles. The number of para-hydroxylation sites is 1. The van der Waals surface area contributed by atoms with Crippen molar-refractivity contribution in [2.75, 3.05) is 20.3 Å². The quantitative estimate of drug-likeness (QED) is 0.811. The molecule has 2 rings (SSSR count). The van der Waals surface area contributed by atoms with Crippen LogP contribution in [0.25, 0.3) is 11.3 Å². The Morgan fingerprint density at radius 1 is 1.22 bits per heavy atom. The first-order chi connectivity index (χ1) is 8.81. The van der Waals surface area contributed by atoms with Crippen LogP contribution in [0, 0.1) is 0 Å². The number of ether oxygens (including phenoxy) is 2. The molecule has 5 nitrogen and oxygen atoms in total. The largest absolute Gasteiger partial charge is 0.490 e. The summed E-state index contributed by atoms with van der Waals surface area (Å²) in [5, 5.41) is 0. The molecule has 0 radical (unpaired) electrons. The van der Waals surface area contributed by atoms with E-state index < -0.39 is 0 Å². The first kappa shape index (κ1) is 12.3. The van der Waals surface area contributed by atoms with E-state index in [-0.39, 0.29) is 5.56 Å². The van der Waals surface area contributed by atoms with Crippen LogP contribution < -0.4 is 10.3 Å². The van der Waals surface area contributed by atoms with Crippen molar-refractivity contribution >= 4 is 0 Å². The van der Waals surface area contributed by atoms with Crippen LogP contribution in [-0.2, 0) is 4.74 Å². The van der Waals surface area contributed by atoms with Crippen molar-refractivity contribution in [3.63, 3.8) is 0 Å². The summed E-state index contributed by atoms with van der Waals surface area (Å²) in [5.41, 5.74) is 1.20. The second kappa shape index (κ2) is 5.97. The lowest BCUT2D eigenvalue weighted by Crippen LogP contribution is -2.08. The van der Waals surface area contributed by atoms with Gasteiger partial charge in [0, 0.05) is 12.7 Å². The van der Waals surface area contributed by atoms with Gasteiger partial charge in [-0.15, -0.1) is 0 Å².